The number of benzene rings is 2. The van der Waals surface area contributed by atoms with E-state index >= 15 is 0 Å². The fourth-order valence-corrected chi connectivity index (χ4v) is 2.60. The third-order valence-corrected chi connectivity index (χ3v) is 3.96. The molecule has 0 bridgehead atoms. The molecule has 0 saturated carbocycles. The van der Waals surface area contributed by atoms with E-state index in [9.17, 15) is 4.79 Å². The van der Waals surface area contributed by atoms with Crippen molar-refractivity contribution in [3.63, 3.8) is 0 Å². The van der Waals surface area contributed by atoms with Crippen LogP contribution >= 0.6 is 11.6 Å². The van der Waals surface area contributed by atoms with Crippen molar-refractivity contribution in [1.29, 1.82) is 0 Å². The van der Waals surface area contributed by atoms with Gasteiger partial charge in [0.2, 0.25) is 0 Å². The molecule has 24 heavy (non-hydrogen) atoms. The highest BCUT2D eigenvalue weighted by molar-refractivity contribution is 6.30. The number of furan rings is 1. The molecule has 2 aromatic carbocycles. The first-order chi connectivity index (χ1) is 11.5. The normalized spacial score (nSPS) is 10.8. The molecular weight excluding hydrogens is 326 g/mol. The Morgan fingerprint density at radius 3 is 2.83 bits per heavy atom. The van der Waals surface area contributed by atoms with Crippen molar-refractivity contribution in [2.45, 2.75) is 6.92 Å². The van der Waals surface area contributed by atoms with Gasteiger partial charge in [-0.25, -0.2) is 0 Å². The van der Waals surface area contributed by atoms with Crippen LogP contribution < -0.4 is 4.74 Å². The number of hydrogen-bond donors (Lipinski definition) is 0. The molecule has 0 aliphatic rings. The Kier molecular flexibility index (Phi) is 4.76. The van der Waals surface area contributed by atoms with Gasteiger partial charge in [0.25, 0.3) is 5.91 Å². The molecule has 1 amide bonds. The minimum atomic E-state index is -0.168. The van der Waals surface area contributed by atoms with Crippen molar-refractivity contribution in [1.82, 2.24) is 4.90 Å². The molecule has 0 radical (unpaired) electrons. The minimum absolute atomic E-state index is 0.168. The molecule has 0 spiro atoms. The maximum absolute atomic E-state index is 12.5. The van der Waals surface area contributed by atoms with Crippen LogP contribution in [0.5, 0.6) is 5.75 Å². The molecule has 124 valence electrons. The lowest BCUT2D eigenvalue weighted by Gasteiger charge is -2.16. The summed E-state index contributed by atoms with van der Waals surface area (Å²) in [5.74, 6) is 0.849. The van der Waals surface area contributed by atoms with Gasteiger partial charge in [0, 0.05) is 17.5 Å². The van der Waals surface area contributed by atoms with Crippen molar-refractivity contribution in [3.05, 3.63) is 64.9 Å². The molecule has 4 nitrogen and oxygen atoms in total. The van der Waals surface area contributed by atoms with Crippen molar-refractivity contribution in [2.24, 2.45) is 0 Å². The van der Waals surface area contributed by atoms with E-state index in [2.05, 4.69) is 0 Å². The smallest absolute Gasteiger partial charge is 0.289 e. The first-order valence-electron chi connectivity index (χ1n) is 7.67. The fraction of sp³-hybridized carbons (Fsp3) is 0.211. The molecule has 0 unspecified atom stereocenters. The fourth-order valence-electron chi connectivity index (χ4n) is 2.42. The zero-order valence-corrected chi connectivity index (χ0v) is 14.3. The van der Waals surface area contributed by atoms with Crippen molar-refractivity contribution in [3.8, 4) is 5.75 Å². The van der Waals surface area contributed by atoms with Crippen LogP contribution in [0, 0.1) is 6.92 Å². The van der Waals surface area contributed by atoms with Crippen LogP contribution in [0.3, 0.4) is 0 Å². The average Bonchev–Trinajstić information content (AvgIpc) is 2.97. The lowest BCUT2D eigenvalue weighted by Crippen LogP contribution is -2.30. The maximum atomic E-state index is 12.5. The second-order valence-electron chi connectivity index (χ2n) is 5.68. The van der Waals surface area contributed by atoms with E-state index in [0.717, 1.165) is 10.9 Å². The number of likely N-dealkylation sites (N-methyl/N-ethyl adjacent to an activating group) is 1. The van der Waals surface area contributed by atoms with Gasteiger partial charge in [0.1, 0.15) is 17.9 Å². The Morgan fingerprint density at radius 1 is 1.21 bits per heavy atom. The van der Waals surface area contributed by atoms with Gasteiger partial charge in [0.05, 0.1) is 6.54 Å². The van der Waals surface area contributed by atoms with E-state index in [1.54, 1.807) is 30.1 Å². The standard InChI is InChI=1S/C19H18ClNO3/c1-13-6-7-17-14(10-13)11-18(24-17)19(22)21(2)8-9-23-16-5-3-4-15(20)12-16/h3-7,10-12H,8-9H2,1-2H3. The lowest BCUT2D eigenvalue weighted by atomic mass is 10.2. The number of hydrogen-bond acceptors (Lipinski definition) is 3. The molecule has 0 atom stereocenters. The zero-order chi connectivity index (χ0) is 17.1. The summed E-state index contributed by atoms with van der Waals surface area (Å²) >= 11 is 5.91. The number of aryl methyl sites for hydroxylation is 1. The Morgan fingerprint density at radius 2 is 2.04 bits per heavy atom. The molecule has 0 saturated heterocycles. The number of halogens is 1. The number of ether oxygens (including phenoxy) is 1. The summed E-state index contributed by atoms with van der Waals surface area (Å²) in [5.41, 5.74) is 1.85. The summed E-state index contributed by atoms with van der Waals surface area (Å²) in [5, 5.41) is 1.55. The summed E-state index contributed by atoms with van der Waals surface area (Å²) in [6.45, 7) is 2.83. The summed E-state index contributed by atoms with van der Waals surface area (Å²) in [6, 6.07) is 14.8. The predicted molar refractivity (Wildman–Crippen MR) is 94.9 cm³/mol. The second kappa shape index (κ2) is 6.97. The first-order valence-corrected chi connectivity index (χ1v) is 8.05. The van der Waals surface area contributed by atoms with Crippen molar-refractivity contribution < 1.29 is 13.9 Å². The summed E-state index contributed by atoms with van der Waals surface area (Å²) in [4.78, 5) is 14.0. The maximum Gasteiger partial charge on any atom is 0.289 e. The SMILES string of the molecule is Cc1ccc2oc(C(=O)N(C)CCOc3cccc(Cl)c3)cc2c1. The Hall–Kier alpha value is -2.46. The Bertz CT molecular complexity index is 872. The van der Waals surface area contributed by atoms with Crippen LogP contribution in [0.4, 0.5) is 0 Å². The Labute approximate surface area is 145 Å². The van der Waals surface area contributed by atoms with Crippen molar-refractivity contribution >= 4 is 28.5 Å². The average molecular weight is 344 g/mol. The molecule has 3 aromatic rings. The topological polar surface area (TPSA) is 42.7 Å². The van der Waals surface area contributed by atoms with Gasteiger partial charge in [0.15, 0.2) is 5.76 Å². The van der Waals surface area contributed by atoms with Crippen LogP contribution in [-0.4, -0.2) is 31.0 Å². The van der Waals surface area contributed by atoms with E-state index in [1.165, 1.54) is 0 Å². The summed E-state index contributed by atoms with van der Waals surface area (Å²) in [7, 11) is 1.72. The van der Waals surface area contributed by atoms with Gasteiger partial charge in [-0.3, -0.25) is 4.79 Å². The van der Waals surface area contributed by atoms with Gasteiger partial charge in [-0.1, -0.05) is 29.3 Å². The molecule has 0 N–H and O–H groups in total. The first kappa shape index (κ1) is 16.4. The molecule has 0 aliphatic carbocycles. The number of fused-ring (bicyclic) bond motifs is 1. The van der Waals surface area contributed by atoms with Gasteiger partial charge in [-0.15, -0.1) is 0 Å². The van der Waals surface area contributed by atoms with Crippen LogP contribution in [0.15, 0.2) is 52.9 Å². The summed E-state index contributed by atoms with van der Waals surface area (Å²) < 4.78 is 11.2. The monoisotopic (exact) mass is 343 g/mol. The predicted octanol–water partition coefficient (Wildman–Crippen LogP) is 4.55. The second-order valence-corrected chi connectivity index (χ2v) is 6.12. The van der Waals surface area contributed by atoms with E-state index in [0.29, 0.717) is 35.3 Å². The molecule has 1 aromatic heterocycles. The summed E-state index contributed by atoms with van der Waals surface area (Å²) in [6.07, 6.45) is 0. The number of carbonyl (C=O) groups is 1. The van der Waals surface area contributed by atoms with Crippen LogP contribution in [0.25, 0.3) is 11.0 Å². The van der Waals surface area contributed by atoms with E-state index in [4.69, 9.17) is 20.8 Å². The molecule has 0 fully saturated rings. The third-order valence-electron chi connectivity index (χ3n) is 3.72. The Balaban J connectivity index is 1.61. The largest absolute Gasteiger partial charge is 0.492 e. The van der Waals surface area contributed by atoms with Crippen LogP contribution in [0.1, 0.15) is 16.1 Å². The van der Waals surface area contributed by atoms with E-state index in [1.807, 2.05) is 37.3 Å². The third kappa shape index (κ3) is 3.71. The van der Waals surface area contributed by atoms with Crippen LogP contribution in [-0.2, 0) is 0 Å². The highest BCUT2D eigenvalue weighted by atomic mass is 35.5. The zero-order valence-electron chi connectivity index (χ0n) is 13.6. The van der Waals surface area contributed by atoms with Gasteiger partial charge < -0.3 is 14.1 Å². The lowest BCUT2D eigenvalue weighted by molar-refractivity contribution is 0.0745. The van der Waals surface area contributed by atoms with E-state index < -0.39 is 0 Å². The van der Waals surface area contributed by atoms with Crippen molar-refractivity contribution in [2.75, 3.05) is 20.2 Å². The number of nitrogens with zero attached hydrogens (tertiary/aromatic N) is 1. The molecule has 0 aliphatic heterocycles. The van der Waals surface area contributed by atoms with E-state index in [-0.39, 0.29) is 5.91 Å². The van der Waals surface area contributed by atoms with Gasteiger partial charge in [-0.2, -0.15) is 0 Å². The number of carbonyl (C=O) groups excluding carboxylic acids is 1. The molecular formula is C19H18ClNO3. The van der Waals surface area contributed by atoms with Gasteiger partial charge in [-0.05, 0) is 43.3 Å². The molecule has 3 rings (SSSR count). The number of amides is 1. The molecule has 5 heteroatoms. The van der Waals surface area contributed by atoms with Gasteiger partial charge >= 0.3 is 0 Å². The molecule has 1 heterocycles. The quantitative estimate of drug-likeness (QED) is 0.682. The minimum Gasteiger partial charge on any atom is -0.492 e. The highest BCUT2D eigenvalue weighted by Gasteiger charge is 2.16. The number of rotatable bonds is 5. The highest BCUT2D eigenvalue weighted by Crippen LogP contribution is 2.21. The van der Waals surface area contributed by atoms with Crippen LogP contribution in [0.2, 0.25) is 5.02 Å².